The van der Waals surface area contributed by atoms with Gasteiger partial charge in [0.1, 0.15) is 19.3 Å². The third-order valence-electron chi connectivity index (χ3n) is 17.3. The zero-order chi connectivity index (χ0) is 68.4. The van der Waals surface area contributed by atoms with Gasteiger partial charge in [-0.1, -0.05) is 336 Å². The second-order valence-electron chi connectivity index (χ2n) is 27.2. The quantitative estimate of drug-likeness (QED) is 0.0222. The van der Waals surface area contributed by atoms with E-state index in [2.05, 4.69) is 34.6 Å². The molecule has 0 aliphatic heterocycles. The standard InChI is InChI=1S/C74H144O17P2/c1-6-9-12-15-18-21-23-24-25-26-27-28-29-30-31-32-33-34-39-45-50-55-60-74(79)91-70(64-85-72(77)58-53-48-43-40-35-37-41-46-51-56-67(4)5)66-89-93(82,83)87-62-68(75)61-86-92(80,81)88-65-69(63-84-71(76)57-52-47-42-36-20-17-14-11-8-3)90-73(78)59-54-49-44-38-22-19-16-13-10-7-2/h67-70,75H,6-66H2,1-5H3,(H,80,81)(H,82,83)/t68-,69+,70+/m0/s1. The fourth-order valence-corrected chi connectivity index (χ4v) is 12.9. The molecule has 0 aromatic heterocycles. The van der Waals surface area contributed by atoms with Crippen molar-refractivity contribution >= 4 is 39.5 Å². The second-order valence-corrected chi connectivity index (χ2v) is 30.1. The Hall–Kier alpha value is -1.94. The molecule has 93 heavy (non-hydrogen) atoms. The van der Waals surface area contributed by atoms with Crippen LogP contribution in [0.15, 0.2) is 0 Å². The Morgan fingerprint density at radius 3 is 0.731 bits per heavy atom. The number of aliphatic hydroxyl groups is 1. The lowest BCUT2D eigenvalue weighted by molar-refractivity contribution is -0.161. The first-order chi connectivity index (χ1) is 45.0. The van der Waals surface area contributed by atoms with E-state index in [1.54, 1.807) is 0 Å². The fraction of sp³-hybridized carbons (Fsp3) is 0.946. The molecule has 19 heteroatoms. The minimum atomic E-state index is -4.95. The first kappa shape index (κ1) is 91.1. The number of esters is 4. The molecule has 0 bridgehead atoms. The maximum Gasteiger partial charge on any atom is 0.472 e. The molecule has 0 heterocycles. The maximum absolute atomic E-state index is 13.1. The first-order valence-electron chi connectivity index (χ1n) is 38.6. The lowest BCUT2D eigenvalue weighted by Crippen LogP contribution is -2.30. The van der Waals surface area contributed by atoms with Crippen LogP contribution < -0.4 is 0 Å². The number of rotatable bonds is 74. The van der Waals surface area contributed by atoms with Crippen molar-refractivity contribution in [3.05, 3.63) is 0 Å². The molecule has 0 aliphatic carbocycles. The van der Waals surface area contributed by atoms with Gasteiger partial charge in [0.05, 0.1) is 26.4 Å². The van der Waals surface area contributed by atoms with Crippen LogP contribution in [0.4, 0.5) is 0 Å². The Labute approximate surface area is 568 Å². The molecule has 2 unspecified atom stereocenters. The zero-order valence-corrected chi connectivity index (χ0v) is 62.2. The molecule has 0 spiro atoms. The minimum absolute atomic E-state index is 0.107. The maximum atomic E-state index is 13.1. The van der Waals surface area contributed by atoms with Crippen molar-refractivity contribution in [3.63, 3.8) is 0 Å². The van der Waals surface area contributed by atoms with E-state index in [4.69, 9.17) is 37.0 Å². The van der Waals surface area contributed by atoms with Crippen LogP contribution in [-0.4, -0.2) is 96.7 Å². The molecule has 0 fully saturated rings. The summed E-state index contributed by atoms with van der Waals surface area (Å²) in [6.45, 7) is 7.22. The van der Waals surface area contributed by atoms with Crippen molar-refractivity contribution in [1.82, 2.24) is 0 Å². The highest BCUT2D eigenvalue weighted by Crippen LogP contribution is 2.45. The summed E-state index contributed by atoms with van der Waals surface area (Å²) in [5.41, 5.74) is 0. The number of aliphatic hydroxyl groups excluding tert-OH is 1. The molecule has 0 aromatic rings. The topological polar surface area (TPSA) is 237 Å². The molecule has 5 atom stereocenters. The fourth-order valence-electron chi connectivity index (χ4n) is 11.4. The number of hydrogen-bond donors (Lipinski definition) is 3. The largest absolute Gasteiger partial charge is 0.472 e. The number of hydrogen-bond acceptors (Lipinski definition) is 15. The van der Waals surface area contributed by atoms with Crippen LogP contribution in [0.25, 0.3) is 0 Å². The smallest absolute Gasteiger partial charge is 0.462 e. The zero-order valence-electron chi connectivity index (χ0n) is 60.4. The summed E-state index contributed by atoms with van der Waals surface area (Å²) in [6.07, 6.45) is 55.7. The number of phosphoric acid groups is 2. The van der Waals surface area contributed by atoms with Crippen molar-refractivity contribution in [3.8, 4) is 0 Å². The van der Waals surface area contributed by atoms with E-state index in [9.17, 15) is 43.2 Å². The van der Waals surface area contributed by atoms with Gasteiger partial charge in [0.25, 0.3) is 0 Å². The third kappa shape index (κ3) is 68.4. The van der Waals surface area contributed by atoms with Crippen molar-refractivity contribution in [2.24, 2.45) is 5.92 Å². The van der Waals surface area contributed by atoms with Crippen molar-refractivity contribution < 1.29 is 80.2 Å². The normalized spacial score (nSPS) is 14.0. The molecule has 0 radical (unpaired) electrons. The molecule has 0 rings (SSSR count). The number of unbranched alkanes of at least 4 members (excludes halogenated alkanes) is 46. The van der Waals surface area contributed by atoms with Crippen LogP contribution in [0.1, 0.15) is 388 Å². The Morgan fingerprint density at radius 2 is 0.495 bits per heavy atom. The number of carbonyl (C=O) groups excluding carboxylic acids is 4. The molecule has 552 valence electrons. The molecule has 17 nitrogen and oxygen atoms in total. The van der Waals surface area contributed by atoms with E-state index in [1.165, 1.54) is 212 Å². The molecule has 0 saturated heterocycles. The van der Waals surface area contributed by atoms with Crippen molar-refractivity contribution in [2.45, 2.75) is 406 Å². The van der Waals surface area contributed by atoms with Gasteiger partial charge in [0.15, 0.2) is 12.2 Å². The van der Waals surface area contributed by atoms with E-state index in [1.807, 2.05) is 0 Å². The summed E-state index contributed by atoms with van der Waals surface area (Å²) in [5.74, 6) is -1.38. The predicted molar refractivity (Wildman–Crippen MR) is 377 cm³/mol. The molecule has 0 aromatic carbocycles. The van der Waals surface area contributed by atoms with Crippen LogP contribution in [0.2, 0.25) is 0 Å². The minimum Gasteiger partial charge on any atom is -0.462 e. The van der Waals surface area contributed by atoms with Crippen LogP contribution >= 0.6 is 15.6 Å². The Kier molecular flexibility index (Phi) is 65.9. The summed E-state index contributed by atoms with van der Waals surface area (Å²) in [4.78, 5) is 72.6. The molecule has 0 amide bonds. The van der Waals surface area contributed by atoms with Crippen LogP contribution in [0.3, 0.4) is 0 Å². The summed E-state index contributed by atoms with van der Waals surface area (Å²) in [5, 5.41) is 10.6. The lowest BCUT2D eigenvalue weighted by atomic mass is 10.0. The number of carbonyl (C=O) groups is 4. The molecular weight excluding hydrogens is 1220 g/mol. The first-order valence-corrected chi connectivity index (χ1v) is 41.6. The lowest BCUT2D eigenvalue weighted by Gasteiger charge is -2.21. The predicted octanol–water partition coefficient (Wildman–Crippen LogP) is 21.7. The highest BCUT2D eigenvalue weighted by molar-refractivity contribution is 7.47. The highest BCUT2D eigenvalue weighted by atomic mass is 31.2. The monoisotopic (exact) mass is 1370 g/mol. The molecule has 3 N–H and O–H groups in total. The van der Waals surface area contributed by atoms with E-state index in [0.717, 1.165) is 95.8 Å². The molecule has 0 aliphatic rings. The van der Waals surface area contributed by atoms with Crippen molar-refractivity contribution in [2.75, 3.05) is 39.6 Å². The summed E-state index contributed by atoms with van der Waals surface area (Å²) < 4.78 is 68.3. The van der Waals surface area contributed by atoms with Crippen molar-refractivity contribution in [1.29, 1.82) is 0 Å². The van der Waals surface area contributed by atoms with Crippen LogP contribution in [-0.2, 0) is 65.4 Å². The van der Waals surface area contributed by atoms with Gasteiger partial charge in [-0.05, 0) is 31.6 Å². The van der Waals surface area contributed by atoms with Gasteiger partial charge in [0, 0.05) is 25.7 Å². The van der Waals surface area contributed by atoms with Gasteiger partial charge < -0.3 is 33.8 Å². The summed E-state index contributed by atoms with van der Waals surface area (Å²) in [6, 6.07) is 0. The van der Waals surface area contributed by atoms with Gasteiger partial charge >= 0.3 is 39.5 Å². The SMILES string of the molecule is CCCCCCCCCCCCCCCCCCCCCCCCC(=O)O[C@H](COC(=O)CCCCCCCCCCCC(C)C)COP(=O)(O)OC[C@@H](O)COP(=O)(O)OC[C@@H](COC(=O)CCCCCCCCCCC)OC(=O)CCCCCCCCCCCC. The van der Waals surface area contributed by atoms with Gasteiger partial charge in [-0.15, -0.1) is 0 Å². The average Bonchev–Trinajstić information content (AvgIpc) is 2.84. The van der Waals surface area contributed by atoms with Gasteiger partial charge in [-0.3, -0.25) is 37.3 Å². The van der Waals surface area contributed by atoms with Gasteiger partial charge in [0.2, 0.25) is 0 Å². The van der Waals surface area contributed by atoms with Crippen LogP contribution in [0, 0.1) is 5.92 Å². The summed E-state index contributed by atoms with van der Waals surface area (Å²) in [7, 11) is -9.90. The molecule has 0 saturated carbocycles. The second kappa shape index (κ2) is 67.3. The van der Waals surface area contributed by atoms with Crippen LogP contribution in [0.5, 0.6) is 0 Å². The Morgan fingerprint density at radius 1 is 0.290 bits per heavy atom. The molecular formula is C74H144O17P2. The Balaban J connectivity index is 5.14. The van der Waals surface area contributed by atoms with E-state index >= 15 is 0 Å². The highest BCUT2D eigenvalue weighted by Gasteiger charge is 2.30. The summed E-state index contributed by atoms with van der Waals surface area (Å²) >= 11 is 0. The Bertz CT molecular complexity index is 1790. The van der Waals surface area contributed by atoms with Gasteiger partial charge in [-0.25, -0.2) is 9.13 Å². The van der Waals surface area contributed by atoms with E-state index in [-0.39, 0.29) is 25.7 Å². The number of phosphoric ester groups is 2. The van der Waals surface area contributed by atoms with E-state index < -0.39 is 97.5 Å². The average molecular weight is 1370 g/mol. The third-order valence-corrected chi connectivity index (χ3v) is 19.2. The van der Waals surface area contributed by atoms with Gasteiger partial charge in [-0.2, -0.15) is 0 Å². The number of ether oxygens (including phenoxy) is 4. The van der Waals surface area contributed by atoms with E-state index in [0.29, 0.717) is 25.7 Å².